The molecular weight excluding hydrogens is 360 g/mol. The largest absolute Gasteiger partial charge is 0.355 e. The molecule has 2 aliphatic rings. The predicted molar refractivity (Wildman–Crippen MR) is 114 cm³/mol. The molecule has 0 spiro atoms. The number of hydrogen-bond donors (Lipinski definition) is 2. The van der Waals surface area contributed by atoms with Crippen LogP contribution in [-0.2, 0) is 9.84 Å². The van der Waals surface area contributed by atoms with Gasteiger partial charge in [-0.05, 0) is 59.5 Å². The molecule has 27 heavy (non-hydrogen) atoms. The molecule has 1 saturated carbocycles. The summed E-state index contributed by atoms with van der Waals surface area (Å²) >= 11 is 0. The maximum atomic E-state index is 12.3. The van der Waals surface area contributed by atoms with E-state index in [2.05, 4.69) is 20.5 Å². The first-order valence-electron chi connectivity index (χ1n) is 10.6. The molecule has 6 nitrogen and oxygen atoms in total. The van der Waals surface area contributed by atoms with Gasteiger partial charge in [0.15, 0.2) is 15.8 Å². The summed E-state index contributed by atoms with van der Waals surface area (Å²) in [5.74, 6) is 0.829. The average Bonchev–Trinajstić information content (AvgIpc) is 2.65. The molecule has 1 aliphatic heterocycles. The summed E-state index contributed by atoms with van der Waals surface area (Å²) in [5.41, 5.74) is 0.230. The molecule has 0 bridgehead atoms. The van der Waals surface area contributed by atoms with E-state index in [1.165, 1.54) is 64.5 Å². The van der Waals surface area contributed by atoms with Crippen molar-refractivity contribution < 1.29 is 8.42 Å². The van der Waals surface area contributed by atoms with Crippen molar-refractivity contribution in [2.45, 2.75) is 82.4 Å². The van der Waals surface area contributed by atoms with Crippen LogP contribution in [0.5, 0.6) is 0 Å². The lowest BCUT2D eigenvalue weighted by molar-refractivity contribution is 0.0368. The third-order valence-corrected chi connectivity index (χ3v) is 8.82. The smallest absolute Gasteiger partial charge is 0.191 e. The summed E-state index contributed by atoms with van der Waals surface area (Å²) in [5, 5.41) is 6.70. The molecule has 1 heterocycles. The van der Waals surface area contributed by atoms with Crippen LogP contribution < -0.4 is 10.6 Å². The maximum absolute atomic E-state index is 12.3. The molecule has 158 valence electrons. The van der Waals surface area contributed by atoms with Crippen molar-refractivity contribution in [1.29, 1.82) is 0 Å². The van der Waals surface area contributed by atoms with E-state index in [0.29, 0.717) is 12.5 Å². The molecule has 2 fully saturated rings. The first kappa shape index (κ1) is 22.5. The quantitative estimate of drug-likeness (QED) is 0.529. The number of sulfone groups is 1. The fourth-order valence-corrected chi connectivity index (χ4v) is 5.24. The zero-order chi connectivity index (χ0) is 20.0. The van der Waals surface area contributed by atoms with E-state index >= 15 is 0 Å². The summed E-state index contributed by atoms with van der Waals surface area (Å²) in [6.45, 7) is 8.94. The van der Waals surface area contributed by atoms with Crippen molar-refractivity contribution in [2.24, 2.45) is 4.99 Å². The Morgan fingerprint density at radius 3 is 2.15 bits per heavy atom. The Morgan fingerprint density at radius 1 is 1.00 bits per heavy atom. The van der Waals surface area contributed by atoms with Crippen molar-refractivity contribution in [2.75, 3.05) is 39.0 Å². The molecule has 7 heteroatoms. The second-order valence-corrected chi connectivity index (χ2v) is 12.0. The summed E-state index contributed by atoms with van der Waals surface area (Å²) < 4.78 is 23.8. The van der Waals surface area contributed by atoms with Gasteiger partial charge in [0, 0.05) is 25.7 Å². The number of nitrogens with zero attached hydrogens (tertiary/aromatic N) is 2. The first-order valence-corrected chi connectivity index (χ1v) is 12.3. The van der Waals surface area contributed by atoms with E-state index in [4.69, 9.17) is 0 Å². The molecule has 1 aliphatic carbocycles. The Labute approximate surface area is 166 Å². The van der Waals surface area contributed by atoms with Crippen LogP contribution in [0.15, 0.2) is 4.99 Å². The van der Waals surface area contributed by atoms with Gasteiger partial charge in [-0.1, -0.05) is 25.7 Å². The molecule has 1 saturated heterocycles. The Balaban J connectivity index is 1.90. The SMILES string of the molecule is CN=C(NCCS(=O)(=O)C(C)(C)C)NCC1(N2CCCCC2)CCCCC1. The van der Waals surface area contributed by atoms with Crippen LogP contribution in [0.3, 0.4) is 0 Å². The maximum Gasteiger partial charge on any atom is 0.191 e. The summed E-state index contributed by atoms with van der Waals surface area (Å²) in [6, 6.07) is 0. The van der Waals surface area contributed by atoms with E-state index in [0.717, 1.165) is 6.54 Å². The van der Waals surface area contributed by atoms with Gasteiger partial charge < -0.3 is 10.6 Å². The summed E-state index contributed by atoms with van der Waals surface area (Å²) in [6.07, 6.45) is 10.4. The van der Waals surface area contributed by atoms with Gasteiger partial charge in [-0.25, -0.2) is 8.42 Å². The fourth-order valence-electron chi connectivity index (χ4n) is 4.26. The number of nitrogens with one attached hydrogen (secondary N) is 2. The van der Waals surface area contributed by atoms with Gasteiger partial charge in [-0.3, -0.25) is 9.89 Å². The molecular formula is C20H40N4O2S. The molecule has 2 rings (SSSR count). The minimum absolute atomic E-state index is 0.120. The second kappa shape index (κ2) is 9.59. The van der Waals surface area contributed by atoms with E-state index in [9.17, 15) is 8.42 Å². The lowest BCUT2D eigenvalue weighted by Crippen LogP contribution is -2.59. The lowest BCUT2D eigenvalue weighted by Gasteiger charge is -2.48. The van der Waals surface area contributed by atoms with Crippen molar-refractivity contribution in [1.82, 2.24) is 15.5 Å². The van der Waals surface area contributed by atoms with Gasteiger partial charge in [0.1, 0.15) is 0 Å². The van der Waals surface area contributed by atoms with Crippen LogP contribution in [0, 0.1) is 0 Å². The molecule has 0 unspecified atom stereocenters. The summed E-state index contributed by atoms with van der Waals surface area (Å²) in [4.78, 5) is 7.02. The normalized spacial score (nSPS) is 22.4. The zero-order valence-electron chi connectivity index (χ0n) is 17.8. The Bertz CT molecular complexity index is 584. The van der Waals surface area contributed by atoms with Crippen molar-refractivity contribution in [3.05, 3.63) is 0 Å². The zero-order valence-corrected chi connectivity index (χ0v) is 18.6. The van der Waals surface area contributed by atoms with Gasteiger partial charge in [0.25, 0.3) is 0 Å². The van der Waals surface area contributed by atoms with E-state index in [-0.39, 0.29) is 11.3 Å². The predicted octanol–water partition coefficient (Wildman–Crippen LogP) is 2.55. The van der Waals surface area contributed by atoms with E-state index in [1.54, 1.807) is 27.8 Å². The average molecular weight is 401 g/mol. The number of guanidine groups is 1. The Kier molecular flexibility index (Phi) is 7.98. The van der Waals surface area contributed by atoms with Crippen LogP contribution in [0.1, 0.15) is 72.1 Å². The molecule has 0 atom stereocenters. The van der Waals surface area contributed by atoms with Crippen LogP contribution >= 0.6 is 0 Å². The van der Waals surface area contributed by atoms with Crippen LogP contribution in [0.25, 0.3) is 0 Å². The number of aliphatic imine (C=N–C) groups is 1. The second-order valence-electron chi connectivity index (χ2n) is 9.12. The van der Waals surface area contributed by atoms with Gasteiger partial charge in [0.05, 0.1) is 10.5 Å². The topological polar surface area (TPSA) is 73.8 Å². The number of likely N-dealkylation sites (tertiary alicyclic amines) is 1. The molecule has 0 amide bonds. The van der Waals surface area contributed by atoms with Crippen molar-refractivity contribution >= 4 is 15.8 Å². The lowest BCUT2D eigenvalue weighted by atomic mass is 9.79. The molecule has 0 aromatic heterocycles. The fraction of sp³-hybridized carbons (Fsp3) is 0.950. The van der Waals surface area contributed by atoms with Crippen LogP contribution in [0.2, 0.25) is 0 Å². The molecule has 2 N–H and O–H groups in total. The van der Waals surface area contributed by atoms with Gasteiger partial charge in [-0.15, -0.1) is 0 Å². The van der Waals surface area contributed by atoms with Crippen LogP contribution in [-0.4, -0.2) is 68.5 Å². The first-order chi connectivity index (χ1) is 12.7. The monoisotopic (exact) mass is 400 g/mol. The number of hydrogen-bond acceptors (Lipinski definition) is 4. The van der Waals surface area contributed by atoms with E-state index in [1.807, 2.05) is 0 Å². The minimum atomic E-state index is -3.12. The van der Waals surface area contributed by atoms with Gasteiger partial charge in [-0.2, -0.15) is 0 Å². The number of piperidine rings is 1. The Morgan fingerprint density at radius 2 is 1.59 bits per heavy atom. The van der Waals surface area contributed by atoms with Crippen molar-refractivity contribution in [3.8, 4) is 0 Å². The highest BCUT2D eigenvalue weighted by molar-refractivity contribution is 7.92. The minimum Gasteiger partial charge on any atom is -0.355 e. The molecule has 0 aromatic rings. The molecule has 0 radical (unpaired) electrons. The highest BCUT2D eigenvalue weighted by Crippen LogP contribution is 2.35. The molecule has 0 aromatic carbocycles. The third kappa shape index (κ3) is 6.08. The van der Waals surface area contributed by atoms with E-state index < -0.39 is 14.6 Å². The third-order valence-electron chi connectivity index (χ3n) is 6.22. The highest BCUT2D eigenvalue weighted by atomic mass is 32.2. The standard InChI is InChI=1S/C20H40N4O2S/c1-19(2,3)27(25,26)16-13-22-18(21-4)23-17-20(11-7-5-8-12-20)24-14-9-6-10-15-24/h5-17H2,1-4H3,(H2,21,22,23). The van der Waals surface area contributed by atoms with Crippen LogP contribution in [0.4, 0.5) is 0 Å². The van der Waals surface area contributed by atoms with Gasteiger partial charge >= 0.3 is 0 Å². The van der Waals surface area contributed by atoms with Crippen molar-refractivity contribution in [3.63, 3.8) is 0 Å². The Hall–Kier alpha value is -0.820. The number of rotatable bonds is 6. The summed E-state index contributed by atoms with van der Waals surface area (Å²) in [7, 11) is -1.37. The highest BCUT2D eigenvalue weighted by Gasteiger charge is 2.38. The van der Waals surface area contributed by atoms with Gasteiger partial charge in [0.2, 0.25) is 0 Å².